The van der Waals surface area contributed by atoms with Crippen LogP contribution in [0.2, 0.25) is 0 Å². The summed E-state index contributed by atoms with van der Waals surface area (Å²) in [7, 11) is 0. The first-order chi connectivity index (χ1) is 14.0. The van der Waals surface area contributed by atoms with Crippen molar-refractivity contribution in [1.29, 1.82) is 0 Å². The quantitative estimate of drug-likeness (QED) is 0.589. The van der Waals surface area contributed by atoms with Crippen molar-refractivity contribution >= 4 is 16.9 Å². The van der Waals surface area contributed by atoms with Crippen LogP contribution in [0.25, 0.3) is 5.69 Å². The third-order valence-electron chi connectivity index (χ3n) is 6.03. The Morgan fingerprint density at radius 3 is 2.59 bits per heavy atom. The topological polar surface area (TPSA) is 33.4 Å². The first-order valence-electron chi connectivity index (χ1n) is 10.2. The summed E-state index contributed by atoms with van der Waals surface area (Å²) in [4.78, 5) is 12.3. The molecule has 2 aliphatic heterocycles. The minimum absolute atomic E-state index is 0.0389. The zero-order chi connectivity index (χ0) is 20.1. The second-order valence-electron chi connectivity index (χ2n) is 8.09. The highest BCUT2D eigenvalue weighted by atomic mass is 32.2. The molecule has 3 aromatic rings. The fraction of sp³-hybridized carbons (Fsp3) is 0.333. The van der Waals surface area contributed by atoms with Crippen molar-refractivity contribution in [1.82, 2.24) is 14.5 Å². The second-order valence-corrected chi connectivity index (χ2v) is 9.49. The number of thioether (sulfide) groups is 1. The number of hydrogen-bond donors (Lipinski definition) is 0. The van der Waals surface area contributed by atoms with E-state index in [1.54, 1.807) is 0 Å². The lowest BCUT2D eigenvalue weighted by Crippen LogP contribution is -2.28. The number of aromatic nitrogens is 2. The van der Waals surface area contributed by atoms with E-state index in [0.717, 1.165) is 12.2 Å². The van der Waals surface area contributed by atoms with Crippen LogP contribution in [0.4, 0.5) is 0 Å². The van der Waals surface area contributed by atoms with Gasteiger partial charge in [-0.15, -0.1) is 0 Å². The molecule has 1 fully saturated rings. The summed E-state index contributed by atoms with van der Waals surface area (Å²) in [6.45, 7) is 9.95. The Balaban J connectivity index is 1.64. The molecule has 0 aliphatic carbocycles. The molecular formula is C24H26N4S. The Morgan fingerprint density at radius 1 is 1.03 bits per heavy atom. The summed E-state index contributed by atoms with van der Waals surface area (Å²) in [5.74, 6) is 0. The van der Waals surface area contributed by atoms with Gasteiger partial charge in [-0.05, 0) is 56.2 Å². The second kappa shape index (κ2) is 7.06. The van der Waals surface area contributed by atoms with Gasteiger partial charge in [0.1, 0.15) is 6.04 Å². The predicted octanol–water partition coefficient (Wildman–Crippen LogP) is 5.39. The molecule has 0 amide bonds. The standard InChI is InChI=1S/C24H26N4S/c1-15-9-5-6-11-21(15)28-16(2)13-19(18(28)4)23-22(20-10-7-8-12-25-20)26-24-27(23)14-17(3)29-24/h5-13,17,22-23H,14H2,1-4H3/t17-,22+,23+/m0/s1. The first kappa shape index (κ1) is 18.5. The normalized spacial score (nSPS) is 23.4. The van der Waals surface area contributed by atoms with Gasteiger partial charge in [0, 0.05) is 35.1 Å². The number of nitrogens with zero attached hydrogens (tertiary/aromatic N) is 4. The van der Waals surface area contributed by atoms with Crippen molar-refractivity contribution in [2.75, 3.05) is 6.54 Å². The summed E-state index contributed by atoms with van der Waals surface area (Å²) < 4.78 is 2.39. The molecule has 1 saturated heterocycles. The summed E-state index contributed by atoms with van der Waals surface area (Å²) in [5, 5.41) is 1.74. The van der Waals surface area contributed by atoms with E-state index in [1.807, 2.05) is 24.0 Å². The van der Waals surface area contributed by atoms with Crippen LogP contribution in [-0.4, -0.2) is 31.4 Å². The van der Waals surface area contributed by atoms with Gasteiger partial charge in [-0.25, -0.2) is 0 Å². The van der Waals surface area contributed by atoms with Gasteiger partial charge in [0.25, 0.3) is 0 Å². The third kappa shape index (κ3) is 2.99. The van der Waals surface area contributed by atoms with E-state index in [4.69, 9.17) is 4.99 Å². The lowest BCUT2D eigenvalue weighted by molar-refractivity contribution is 0.320. The van der Waals surface area contributed by atoms with Crippen LogP contribution >= 0.6 is 11.8 Å². The van der Waals surface area contributed by atoms with E-state index in [0.29, 0.717) is 5.25 Å². The van der Waals surface area contributed by atoms with Crippen molar-refractivity contribution in [3.63, 3.8) is 0 Å². The molecule has 2 aliphatic rings. The van der Waals surface area contributed by atoms with Crippen molar-refractivity contribution in [3.8, 4) is 5.69 Å². The number of aryl methyl sites for hydroxylation is 2. The molecule has 2 aromatic heterocycles. The molecule has 0 unspecified atom stereocenters. The Hall–Kier alpha value is -2.53. The summed E-state index contributed by atoms with van der Waals surface area (Å²) >= 11 is 1.89. The number of aliphatic imine (C=N–C) groups is 1. The lowest BCUT2D eigenvalue weighted by Gasteiger charge is -2.27. The average molecular weight is 403 g/mol. The summed E-state index contributed by atoms with van der Waals surface area (Å²) in [6.07, 6.45) is 1.88. The predicted molar refractivity (Wildman–Crippen MR) is 121 cm³/mol. The van der Waals surface area contributed by atoms with Gasteiger partial charge in [0.05, 0.1) is 11.7 Å². The van der Waals surface area contributed by atoms with Crippen LogP contribution < -0.4 is 0 Å². The van der Waals surface area contributed by atoms with E-state index in [1.165, 1.54) is 33.4 Å². The van der Waals surface area contributed by atoms with Gasteiger partial charge in [-0.3, -0.25) is 9.98 Å². The van der Waals surface area contributed by atoms with Crippen molar-refractivity contribution in [3.05, 3.63) is 82.9 Å². The molecule has 5 heteroatoms. The van der Waals surface area contributed by atoms with Crippen LogP contribution in [0.3, 0.4) is 0 Å². The smallest absolute Gasteiger partial charge is 0.160 e. The Bertz CT molecular complexity index is 1090. The minimum Gasteiger partial charge on any atom is -0.341 e. The Kier molecular flexibility index (Phi) is 4.50. The molecule has 0 spiro atoms. The fourth-order valence-electron chi connectivity index (χ4n) is 4.73. The van der Waals surface area contributed by atoms with E-state index in [9.17, 15) is 0 Å². The number of benzene rings is 1. The molecule has 4 nitrogen and oxygen atoms in total. The number of pyridine rings is 1. The summed E-state index contributed by atoms with van der Waals surface area (Å²) in [5.41, 5.74) is 7.51. The first-order valence-corrected chi connectivity index (χ1v) is 11.1. The van der Waals surface area contributed by atoms with E-state index < -0.39 is 0 Å². The van der Waals surface area contributed by atoms with Crippen LogP contribution in [0.5, 0.6) is 0 Å². The van der Waals surface area contributed by atoms with Gasteiger partial charge in [0.15, 0.2) is 5.17 Å². The monoisotopic (exact) mass is 402 g/mol. The molecule has 0 radical (unpaired) electrons. The van der Waals surface area contributed by atoms with Crippen molar-refractivity contribution < 1.29 is 0 Å². The summed E-state index contributed by atoms with van der Waals surface area (Å²) in [6, 6.07) is 17.3. The molecule has 0 saturated carbocycles. The largest absolute Gasteiger partial charge is 0.341 e. The van der Waals surface area contributed by atoms with Gasteiger partial charge in [-0.1, -0.05) is 43.0 Å². The average Bonchev–Trinajstić information content (AvgIpc) is 3.33. The van der Waals surface area contributed by atoms with Crippen LogP contribution in [0.15, 0.2) is 59.7 Å². The zero-order valence-electron chi connectivity index (χ0n) is 17.3. The molecule has 1 aromatic carbocycles. The maximum atomic E-state index is 5.13. The molecule has 29 heavy (non-hydrogen) atoms. The van der Waals surface area contributed by atoms with Gasteiger partial charge in [-0.2, -0.15) is 0 Å². The number of fused-ring (bicyclic) bond motifs is 1. The third-order valence-corrected chi connectivity index (χ3v) is 7.13. The highest BCUT2D eigenvalue weighted by Gasteiger charge is 2.44. The van der Waals surface area contributed by atoms with Crippen LogP contribution in [-0.2, 0) is 0 Å². The fourth-order valence-corrected chi connectivity index (χ4v) is 5.82. The molecule has 4 heterocycles. The van der Waals surface area contributed by atoms with Gasteiger partial charge in [0.2, 0.25) is 0 Å². The molecular weight excluding hydrogens is 376 g/mol. The highest BCUT2D eigenvalue weighted by molar-refractivity contribution is 8.14. The van der Waals surface area contributed by atoms with Gasteiger partial charge >= 0.3 is 0 Å². The van der Waals surface area contributed by atoms with E-state index >= 15 is 0 Å². The number of amidine groups is 1. The van der Waals surface area contributed by atoms with E-state index in [2.05, 4.69) is 84.6 Å². The minimum atomic E-state index is 0.0389. The molecule has 0 N–H and O–H groups in total. The van der Waals surface area contributed by atoms with E-state index in [-0.39, 0.29) is 12.1 Å². The van der Waals surface area contributed by atoms with Crippen molar-refractivity contribution in [2.24, 2.45) is 4.99 Å². The lowest BCUT2D eigenvalue weighted by atomic mass is 9.96. The number of hydrogen-bond acceptors (Lipinski definition) is 4. The Morgan fingerprint density at radius 2 is 1.83 bits per heavy atom. The van der Waals surface area contributed by atoms with Crippen LogP contribution in [0.1, 0.15) is 47.2 Å². The highest BCUT2D eigenvalue weighted by Crippen LogP contribution is 2.48. The number of rotatable bonds is 3. The van der Waals surface area contributed by atoms with Crippen LogP contribution in [0, 0.1) is 20.8 Å². The van der Waals surface area contributed by atoms with Crippen molar-refractivity contribution in [2.45, 2.75) is 45.0 Å². The maximum Gasteiger partial charge on any atom is 0.160 e. The zero-order valence-corrected chi connectivity index (χ0v) is 18.1. The molecule has 3 atom stereocenters. The SMILES string of the molecule is Cc1ccccc1-n1c(C)cc([C@@H]2[C@@H](c3ccccn3)N=C3S[C@@H](C)CN32)c1C. The Labute approximate surface area is 176 Å². The molecule has 0 bridgehead atoms. The molecule has 148 valence electrons. The maximum absolute atomic E-state index is 5.13. The van der Waals surface area contributed by atoms with Gasteiger partial charge < -0.3 is 9.47 Å². The molecule has 5 rings (SSSR count). The number of para-hydroxylation sites is 1.